The van der Waals surface area contributed by atoms with Crippen LogP contribution in [0.4, 0.5) is 0 Å². The summed E-state index contributed by atoms with van der Waals surface area (Å²) in [5.41, 5.74) is 0.134. The Morgan fingerprint density at radius 2 is 1.88 bits per heavy atom. The number of hydrogen-bond donors (Lipinski definition) is 3. The predicted molar refractivity (Wildman–Crippen MR) is 126 cm³/mol. The number of carbonyl (C=O) groups excluding carboxylic acids is 1. The Kier molecular flexibility index (Phi) is 8.85. The number of amides is 1. The maximum atomic E-state index is 12.8. The molecule has 0 radical (unpaired) electrons. The first kappa shape index (κ1) is 25.9. The lowest BCUT2D eigenvalue weighted by atomic mass is 10.2. The molecule has 0 unspecified atom stereocenters. The number of nitrogens with one attached hydrogen (secondary N) is 2. The Bertz CT molecular complexity index is 1120. The first-order chi connectivity index (χ1) is 16.2. The molecule has 1 aromatic carbocycles. The van der Waals surface area contributed by atoms with Gasteiger partial charge >= 0.3 is 0 Å². The van der Waals surface area contributed by atoms with Crippen molar-refractivity contribution in [2.24, 2.45) is 0 Å². The fourth-order valence-electron chi connectivity index (χ4n) is 3.12. The van der Waals surface area contributed by atoms with Gasteiger partial charge in [-0.1, -0.05) is 0 Å². The minimum absolute atomic E-state index is 0.0433. The molecule has 1 saturated heterocycles. The Morgan fingerprint density at radius 1 is 1.24 bits per heavy atom. The molecule has 1 atom stereocenters. The van der Waals surface area contributed by atoms with E-state index in [1.807, 2.05) is 0 Å². The number of benzene rings is 1. The van der Waals surface area contributed by atoms with Crippen LogP contribution in [0.5, 0.6) is 17.5 Å². The highest BCUT2D eigenvalue weighted by atomic mass is 32.2. The minimum Gasteiger partial charge on any atom is -0.472 e. The van der Waals surface area contributed by atoms with E-state index in [1.165, 1.54) is 47.8 Å². The Morgan fingerprint density at radius 3 is 2.50 bits per heavy atom. The standard InChI is InChI=1S/C21H26N4O7S2/c1-14(13-29-2)31-18-11-15(20(26)24-21(22)33)12-19(23-18)32-16-3-5-17(6-4-16)34(27,28)25-7-9-30-10-8-25/h3-6,11-12,14H,7-10,13H2,1-2H3,(H3,22,24,26,33)/t14-/m1/s1. The molecule has 11 nitrogen and oxygen atoms in total. The SMILES string of the molecule is COC[C@@H](C)Oc1cc(C(=O)NC(=N)S)cc(Oc2ccc(S(=O)(=O)N3CCOCC3)cc2)n1. The molecule has 2 heterocycles. The lowest BCUT2D eigenvalue weighted by molar-refractivity contribution is 0.0730. The van der Waals surface area contributed by atoms with Crippen LogP contribution >= 0.6 is 12.6 Å². The van der Waals surface area contributed by atoms with Crippen LogP contribution in [-0.2, 0) is 19.5 Å². The van der Waals surface area contributed by atoms with Crippen LogP contribution in [0.1, 0.15) is 17.3 Å². The molecule has 1 amide bonds. The summed E-state index contributed by atoms with van der Waals surface area (Å²) < 4.78 is 48.7. The van der Waals surface area contributed by atoms with Crippen molar-refractivity contribution in [3.63, 3.8) is 0 Å². The normalized spacial score (nSPS) is 15.4. The maximum absolute atomic E-state index is 12.8. The molecular weight excluding hydrogens is 484 g/mol. The van der Waals surface area contributed by atoms with Crippen LogP contribution in [-0.4, -0.2) is 74.9 Å². The highest BCUT2D eigenvalue weighted by molar-refractivity contribution is 7.96. The second kappa shape index (κ2) is 11.6. The van der Waals surface area contributed by atoms with E-state index >= 15 is 0 Å². The number of ether oxygens (including phenoxy) is 4. The van der Waals surface area contributed by atoms with Crippen molar-refractivity contribution < 1.29 is 32.2 Å². The van der Waals surface area contributed by atoms with E-state index in [2.05, 4.69) is 22.9 Å². The van der Waals surface area contributed by atoms with E-state index in [4.69, 9.17) is 24.4 Å². The number of hydrogen-bond acceptors (Lipinski definition) is 9. The van der Waals surface area contributed by atoms with Gasteiger partial charge in [-0.25, -0.2) is 8.42 Å². The molecule has 34 heavy (non-hydrogen) atoms. The quantitative estimate of drug-likeness (QED) is 0.264. The summed E-state index contributed by atoms with van der Waals surface area (Å²) in [5, 5.41) is 9.30. The van der Waals surface area contributed by atoms with Crippen LogP contribution < -0.4 is 14.8 Å². The number of nitrogens with zero attached hydrogens (tertiary/aromatic N) is 2. The van der Waals surface area contributed by atoms with Crippen LogP contribution in [0, 0.1) is 5.41 Å². The van der Waals surface area contributed by atoms with Gasteiger partial charge in [-0.15, -0.1) is 12.6 Å². The van der Waals surface area contributed by atoms with Gasteiger partial charge < -0.3 is 24.3 Å². The number of sulfonamides is 1. The second-order valence-electron chi connectivity index (χ2n) is 7.31. The van der Waals surface area contributed by atoms with Crippen LogP contribution in [0.25, 0.3) is 0 Å². The average Bonchev–Trinajstić information content (AvgIpc) is 2.79. The van der Waals surface area contributed by atoms with Gasteiger partial charge in [-0.05, 0) is 31.2 Å². The molecule has 0 bridgehead atoms. The summed E-state index contributed by atoms with van der Waals surface area (Å²) in [7, 11) is -2.10. The summed E-state index contributed by atoms with van der Waals surface area (Å²) >= 11 is 3.77. The number of amidine groups is 1. The van der Waals surface area contributed by atoms with Crippen molar-refractivity contribution in [3.05, 3.63) is 42.0 Å². The third kappa shape index (κ3) is 6.90. The monoisotopic (exact) mass is 510 g/mol. The fraction of sp³-hybridized carbons (Fsp3) is 0.381. The zero-order chi connectivity index (χ0) is 24.7. The van der Waals surface area contributed by atoms with E-state index in [-0.39, 0.29) is 33.5 Å². The highest BCUT2D eigenvalue weighted by Gasteiger charge is 2.26. The van der Waals surface area contributed by atoms with Gasteiger partial charge in [0.05, 0.1) is 30.3 Å². The van der Waals surface area contributed by atoms with E-state index in [0.717, 1.165) is 0 Å². The number of carbonyl (C=O) groups is 1. The van der Waals surface area contributed by atoms with Gasteiger partial charge in [0.2, 0.25) is 21.8 Å². The third-order valence-corrected chi connectivity index (χ3v) is 6.67. The van der Waals surface area contributed by atoms with Crippen molar-refractivity contribution in [1.82, 2.24) is 14.6 Å². The number of morpholine rings is 1. The molecule has 3 rings (SSSR count). The van der Waals surface area contributed by atoms with Gasteiger partial charge in [0.15, 0.2) is 5.17 Å². The molecule has 1 fully saturated rings. The smallest absolute Gasteiger partial charge is 0.257 e. The molecule has 1 aromatic heterocycles. The Hall–Kier alpha value is -2.71. The molecule has 13 heteroatoms. The highest BCUT2D eigenvalue weighted by Crippen LogP contribution is 2.26. The predicted octanol–water partition coefficient (Wildman–Crippen LogP) is 1.90. The molecule has 184 valence electrons. The molecule has 0 saturated carbocycles. The number of pyridine rings is 1. The van der Waals surface area contributed by atoms with Gasteiger partial charge in [-0.3, -0.25) is 10.2 Å². The zero-order valence-corrected chi connectivity index (χ0v) is 20.4. The van der Waals surface area contributed by atoms with Crippen LogP contribution in [0.3, 0.4) is 0 Å². The molecular formula is C21H26N4O7S2. The number of rotatable bonds is 9. The summed E-state index contributed by atoms with van der Waals surface area (Å²) in [5.74, 6) is -0.126. The fourth-order valence-corrected chi connectivity index (χ4v) is 4.63. The molecule has 2 aromatic rings. The van der Waals surface area contributed by atoms with Gasteiger partial charge in [0, 0.05) is 32.3 Å². The molecule has 1 aliphatic heterocycles. The average molecular weight is 511 g/mol. The maximum Gasteiger partial charge on any atom is 0.257 e. The van der Waals surface area contributed by atoms with E-state index in [0.29, 0.717) is 38.7 Å². The second-order valence-corrected chi connectivity index (χ2v) is 9.69. The molecule has 2 N–H and O–H groups in total. The molecule has 0 aliphatic carbocycles. The summed E-state index contributed by atoms with van der Waals surface area (Å²) in [6.45, 7) is 3.39. The van der Waals surface area contributed by atoms with E-state index in [1.54, 1.807) is 6.92 Å². The van der Waals surface area contributed by atoms with Crippen molar-refractivity contribution in [1.29, 1.82) is 5.41 Å². The van der Waals surface area contributed by atoms with Gasteiger partial charge in [0.1, 0.15) is 11.9 Å². The zero-order valence-electron chi connectivity index (χ0n) is 18.7. The number of thiol groups is 1. The first-order valence-electron chi connectivity index (χ1n) is 10.3. The molecule has 0 spiro atoms. The topological polar surface area (TPSA) is 140 Å². The van der Waals surface area contributed by atoms with Crippen molar-refractivity contribution in [2.45, 2.75) is 17.9 Å². The van der Waals surface area contributed by atoms with E-state index < -0.39 is 15.9 Å². The van der Waals surface area contributed by atoms with Crippen LogP contribution in [0.2, 0.25) is 0 Å². The largest absolute Gasteiger partial charge is 0.472 e. The van der Waals surface area contributed by atoms with Crippen molar-refractivity contribution >= 4 is 33.7 Å². The lowest BCUT2D eigenvalue weighted by Gasteiger charge is -2.26. The summed E-state index contributed by atoms with van der Waals surface area (Å²) in [6, 6.07) is 8.66. The summed E-state index contributed by atoms with van der Waals surface area (Å²) in [6.07, 6.45) is -0.350. The lowest BCUT2D eigenvalue weighted by Crippen LogP contribution is -2.40. The first-order valence-corrected chi connectivity index (χ1v) is 12.2. The molecule has 1 aliphatic rings. The third-order valence-electron chi connectivity index (χ3n) is 4.65. The number of methoxy groups -OCH3 is 1. The van der Waals surface area contributed by atoms with Gasteiger partial charge in [0.25, 0.3) is 5.91 Å². The van der Waals surface area contributed by atoms with Gasteiger partial charge in [-0.2, -0.15) is 9.29 Å². The van der Waals surface area contributed by atoms with Crippen molar-refractivity contribution in [2.75, 3.05) is 40.0 Å². The van der Waals surface area contributed by atoms with Crippen LogP contribution in [0.15, 0.2) is 41.3 Å². The summed E-state index contributed by atoms with van der Waals surface area (Å²) in [4.78, 5) is 16.8. The van der Waals surface area contributed by atoms with E-state index in [9.17, 15) is 13.2 Å². The Labute approximate surface area is 203 Å². The Balaban J connectivity index is 1.82. The minimum atomic E-state index is -3.64. The number of aromatic nitrogens is 1. The van der Waals surface area contributed by atoms with Crippen molar-refractivity contribution in [3.8, 4) is 17.5 Å².